The fraction of sp³-hybridized carbons (Fsp3) is 0.0588. The third-order valence-electron chi connectivity index (χ3n) is 3.28. The van der Waals surface area contributed by atoms with Gasteiger partial charge in [0.05, 0.1) is 5.02 Å². The standard InChI is InChI=1S/C17H12ClNO3/c18-15-12-8-4-5-9-13(12)19-16(15)17(21)22-10-14(20)11-6-2-1-3-7-11/h1-9,19H,10H2. The van der Waals surface area contributed by atoms with Crippen LogP contribution in [0.4, 0.5) is 0 Å². The highest BCUT2D eigenvalue weighted by Crippen LogP contribution is 2.27. The Bertz CT molecular complexity index is 839. The highest BCUT2D eigenvalue weighted by Gasteiger charge is 2.18. The lowest BCUT2D eigenvalue weighted by Crippen LogP contribution is -2.14. The summed E-state index contributed by atoms with van der Waals surface area (Å²) in [5, 5.41) is 1.04. The summed E-state index contributed by atoms with van der Waals surface area (Å²) >= 11 is 6.17. The number of nitrogens with one attached hydrogen (secondary N) is 1. The number of fused-ring (bicyclic) bond motifs is 1. The number of esters is 1. The number of rotatable bonds is 4. The van der Waals surface area contributed by atoms with Gasteiger partial charge in [0.25, 0.3) is 0 Å². The molecule has 4 nitrogen and oxygen atoms in total. The van der Waals surface area contributed by atoms with Crippen LogP contribution in [0.2, 0.25) is 5.02 Å². The summed E-state index contributed by atoms with van der Waals surface area (Å²) in [7, 11) is 0. The van der Waals surface area contributed by atoms with Crippen molar-refractivity contribution in [2.75, 3.05) is 6.61 Å². The number of Topliss-reactive ketones (excluding diaryl/α,β-unsaturated/α-hetero) is 1. The minimum Gasteiger partial charge on any atom is -0.453 e. The quantitative estimate of drug-likeness (QED) is 0.587. The lowest BCUT2D eigenvalue weighted by Gasteiger charge is -2.03. The molecule has 0 aliphatic rings. The third kappa shape index (κ3) is 2.73. The molecule has 3 aromatic rings. The topological polar surface area (TPSA) is 59.2 Å². The van der Waals surface area contributed by atoms with Gasteiger partial charge in [-0.1, -0.05) is 60.1 Å². The first-order valence-electron chi connectivity index (χ1n) is 6.68. The zero-order valence-electron chi connectivity index (χ0n) is 11.5. The molecule has 0 saturated carbocycles. The van der Waals surface area contributed by atoms with Crippen LogP contribution in [0.3, 0.4) is 0 Å². The Hall–Kier alpha value is -2.59. The zero-order chi connectivity index (χ0) is 15.5. The van der Waals surface area contributed by atoms with Crippen molar-refractivity contribution < 1.29 is 14.3 Å². The van der Waals surface area contributed by atoms with Gasteiger partial charge in [-0.15, -0.1) is 0 Å². The van der Waals surface area contributed by atoms with E-state index in [4.69, 9.17) is 16.3 Å². The molecule has 1 aromatic heterocycles. The molecule has 22 heavy (non-hydrogen) atoms. The smallest absolute Gasteiger partial charge is 0.356 e. The fourth-order valence-corrected chi connectivity index (χ4v) is 2.45. The number of aromatic nitrogens is 1. The monoisotopic (exact) mass is 313 g/mol. The van der Waals surface area contributed by atoms with Crippen molar-refractivity contribution >= 4 is 34.3 Å². The first-order chi connectivity index (χ1) is 10.7. The van der Waals surface area contributed by atoms with Crippen molar-refractivity contribution in [3.8, 4) is 0 Å². The van der Waals surface area contributed by atoms with E-state index < -0.39 is 5.97 Å². The summed E-state index contributed by atoms with van der Waals surface area (Å²) in [6.45, 7) is -0.325. The molecule has 1 heterocycles. The maximum absolute atomic E-state index is 12.1. The van der Waals surface area contributed by atoms with Gasteiger partial charge < -0.3 is 9.72 Å². The van der Waals surface area contributed by atoms with Crippen molar-refractivity contribution in [2.24, 2.45) is 0 Å². The minimum absolute atomic E-state index is 0.156. The van der Waals surface area contributed by atoms with Gasteiger partial charge in [0.1, 0.15) is 5.69 Å². The summed E-state index contributed by atoms with van der Waals surface area (Å²) in [4.78, 5) is 26.9. The molecule has 0 atom stereocenters. The van der Waals surface area contributed by atoms with E-state index in [-0.39, 0.29) is 18.1 Å². The second-order valence-corrected chi connectivity index (χ2v) is 5.10. The normalized spacial score (nSPS) is 10.6. The molecule has 0 saturated heterocycles. The van der Waals surface area contributed by atoms with Gasteiger partial charge in [-0.05, 0) is 6.07 Å². The van der Waals surface area contributed by atoms with Crippen molar-refractivity contribution in [3.63, 3.8) is 0 Å². The minimum atomic E-state index is -0.648. The molecule has 1 N–H and O–H groups in total. The van der Waals surface area contributed by atoms with Crippen LogP contribution in [-0.4, -0.2) is 23.3 Å². The van der Waals surface area contributed by atoms with Gasteiger partial charge in [0.15, 0.2) is 12.4 Å². The van der Waals surface area contributed by atoms with E-state index in [0.29, 0.717) is 10.6 Å². The molecular weight excluding hydrogens is 302 g/mol. The number of hydrogen-bond donors (Lipinski definition) is 1. The number of benzene rings is 2. The Morgan fingerprint density at radius 3 is 2.41 bits per heavy atom. The summed E-state index contributed by atoms with van der Waals surface area (Å²) in [6, 6.07) is 15.9. The number of ether oxygens (including phenoxy) is 1. The maximum Gasteiger partial charge on any atom is 0.356 e. The maximum atomic E-state index is 12.1. The molecule has 0 radical (unpaired) electrons. The van der Waals surface area contributed by atoms with E-state index in [1.165, 1.54) is 0 Å². The average Bonchev–Trinajstić information content (AvgIpc) is 2.90. The Balaban J connectivity index is 1.74. The number of ketones is 1. The summed E-state index contributed by atoms with van der Waals surface area (Å²) in [6.07, 6.45) is 0. The van der Waals surface area contributed by atoms with Gasteiger partial charge in [0, 0.05) is 16.5 Å². The number of aromatic amines is 1. The molecule has 0 aliphatic heterocycles. The first-order valence-corrected chi connectivity index (χ1v) is 7.06. The summed E-state index contributed by atoms with van der Waals surface area (Å²) in [5.74, 6) is -0.910. The number of H-pyrrole nitrogens is 1. The van der Waals surface area contributed by atoms with Gasteiger partial charge in [-0.25, -0.2) is 4.79 Å². The van der Waals surface area contributed by atoms with Crippen LogP contribution >= 0.6 is 11.6 Å². The van der Waals surface area contributed by atoms with Crippen LogP contribution < -0.4 is 0 Å². The van der Waals surface area contributed by atoms with Crippen LogP contribution in [0, 0.1) is 0 Å². The highest BCUT2D eigenvalue weighted by atomic mass is 35.5. The predicted octanol–water partition coefficient (Wildman–Crippen LogP) is 3.86. The molecule has 0 spiro atoms. The third-order valence-corrected chi connectivity index (χ3v) is 3.67. The molecule has 0 fully saturated rings. The lowest BCUT2D eigenvalue weighted by molar-refractivity contribution is 0.0470. The number of carbonyl (C=O) groups excluding carboxylic acids is 2. The molecule has 0 unspecified atom stereocenters. The molecule has 5 heteroatoms. The summed E-state index contributed by atoms with van der Waals surface area (Å²) < 4.78 is 5.05. The van der Waals surface area contributed by atoms with Gasteiger partial charge in [0.2, 0.25) is 0 Å². The second kappa shape index (κ2) is 6.03. The lowest BCUT2D eigenvalue weighted by atomic mass is 10.1. The first kappa shape index (κ1) is 14.4. The summed E-state index contributed by atoms with van der Waals surface area (Å²) in [5.41, 5.74) is 1.40. The van der Waals surface area contributed by atoms with Gasteiger partial charge in [-0.2, -0.15) is 0 Å². The highest BCUT2D eigenvalue weighted by molar-refractivity contribution is 6.38. The number of halogens is 1. The largest absolute Gasteiger partial charge is 0.453 e. The predicted molar refractivity (Wildman–Crippen MR) is 84.4 cm³/mol. The number of hydrogen-bond acceptors (Lipinski definition) is 3. The van der Waals surface area contributed by atoms with Crippen molar-refractivity contribution in [1.82, 2.24) is 4.98 Å². The zero-order valence-corrected chi connectivity index (χ0v) is 12.3. The van der Waals surface area contributed by atoms with Gasteiger partial charge >= 0.3 is 5.97 Å². The molecule has 2 aromatic carbocycles. The van der Waals surface area contributed by atoms with Crippen LogP contribution in [0.25, 0.3) is 10.9 Å². The molecule has 3 rings (SSSR count). The molecule has 0 aliphatic carbocycles. The number of para-hydroxylation sites is 1. The Labute approximate surface area is 131 Å². The van der Waals surface area contributed by atoms with E-state index in [2.05, 4.69) is 4.98 Å². The SMILES string of the molecule is O=C(COC(=O)c1[nH]c2ccccc2c1Cl)c1ccccc1. The molecule has 0 amide bonds. The van der Waals surface area contributed by atoms with Crippen molar-refractivity contribution in [3.05, 3.63) is 70.9 Å². The van der Waals surface area contributed by atoms with Crippen LogP contribution in [-0.2, 0) is 4.74 Å². The molecule has 0 bridgehead atoms. The Morgan fingerprint density at radius 1 is 1.00 bits per heavy atom. The molecular formula is C17H12ClNO3. The van der Waals surface area contributed by atoms with E-state index in [1.54, 1.807) is 30.3 Å². The molecule has 110 valence electrons. The van der Waals surface area contributed by atoms with Crippen LogP contribution in [0.5, 0.6) is 0 Å². The Kier molecular flexibility index (Phi) is 3.94. The van der Waals surface area contributed by atoms with Crippen molar-refractivity contribution in [2.45, 2.75) is 0 Å². The fourth-order valence-electron chi connectivity index (χ4n) is 2.16. The Morgan fingerprint density at radius 2 is 1.68 bits per heavy atom. The van der Waals surface area contributed by atoms with Crippen molar-refractivity contribution in [1.29, 1.82) is 0 Å². The van der Waals surface area contributed by atoms with E-state index >= 15 is 0 Å². The van der Waals surface area contributed by atoms with Crippen LogP contribution in [0.1, 0.15) is 20.8 Å². The van der Waals surface area contributed by atoms with E-state index in [0.717, 1.165) is 10.9 Å². The van der Waals surface area contributed by atoms with E-state index in [9.17, 15) is 9.59 Å². The second-order valence-electron chi connectivity index (χ2n) is 4.72. The van der Waals surface area contributed by atoms with Gasteiger partial charge in [-0.3, -0.25) is 4.79 Å². The van der Waals surface area contributed by atoms with E-state index in [1.807, 2.05) is 24.3 Å². The average molecular weight is 314 g/mol. The number of carbonyl (C=O) groups is 2. The van der Waals surface area contributed by atoms with Crippen LogP contribution in [0.15, 0.2) is 54.6 Å².